The molecule has 14 heteroatoms. The van der Waals surface area contributed by atoms with Crippen molar-refractivity contribution in [2.75, 3.05) is 33.7 Å². The molecule has 0 saturated carbocycles. The third-order valence-corrected chi connectivity index (χ3v) is 8.88. The number of hydrazone groups is 1. The number of benzene rings is 3. The Balaban J connectivity index is 1.29. The first-order valence-corrected chi connectivity index (χ1v) is 16.8. The highest BCUT2D eigenvalue weighted by atomic mass is 32.2. The molecule has 0 bridgehead atoms. The first kappa shape index (κ1) is 34.1. The molecular formula is C36H36N6O7S. The van der Waals surface area contributed by atoms with E-state index < -0.39 is 6.04 Å². The van der Waals surface area contributed by atoms with Crippen LogP contribution in [0.3, 0.4) is 0 Å². The van der Waals surface area contributed by atoms with E-state index in [9.17, 15) is 9.59 Å². The number of rotatable bonds is 14. The summed E-state index contributed by atoms with van der Waals surface area (Å²) in [6.07, 6.45) is 1.89. The summed E-state index contributed by atoms with van der Waals surface area (Å²) in [5.74, 6) is 2.52. The van der Waals surface area contributed by atoms with Gasteiger partial charge >= 0.3 is 0 Å². The van der Waals surface area contributed by atoms with Crippen LogP contribution in [0.2, 0.25) is 0 Å². The van der Waals surface area contributed by atoms with Gasteiger partial charge in [-0.05, 0) is 79.2 Å². The lowest BCUT2D eigenvalue weighted by molar-refractivity contribution is -0.130. The molecule has 1 N–H and O–H groups in total. The van der Waals surface area contributed by atoms with Gasteiger partial charge in [-0.1, -0.05) is 23.9 Å². The zero-order valence-electron chi connectivity index (χ0n) is 28.0. The number of para-hydroxylation sites is 1. The van der Waals surface area contributed by atoms with Crippen molar-refractivity contribution < 1.29 is 33.0 Å². The lowest BCUT2D eigenvalue weighted by Gasteiger charge is -2.24. The Kier molecular flexibility index (Phi) is 10.7. The molecule has 6 rings (SSSR count). The largest absolute Gasteiger partial charge is 0.497 e. The summed E-state index contributed by atoms with van der Waals surface area (Å²) < 4.78 is 29.3. The van der Waals surface area contributed by atoms with Gasteiger partial charge in [0.25, 0.3) is 11.8 Å². The molecule has 13 nitrogen and oxygen atoms in total. The maximum Gasteiger partial charge on any atom is 0.287 e. The number of thioether (sulfide) groups is 1. The fraction of sp³-hybridized carbons (Fsp3) is 0.250. The number of aromatic nitrogens is 3. The SMILES string of the molecule is CCOc1ccc(-n2c(CNC(=O)c3ccco3)nnc2SCC(=O)N2N=C(c3ccc(OC)cc3)C[C@H]2c2cccc(OC)c2OC)cc1. The van der Waals surface area contributed by atoms with E-state index in [0.717, 1.165) is 28.3 Å². The number of carbonyl (C=O) groups excluding carboxylic acids is 2. The fourth-order valence-electron chi connectivity index (χ4n) is 5.59. The molecule has 0 radical (unpaired) electrons. The summed E-state index contributed by atoms with van der Waals surface area (Å²) in [7, 11) is 4.76. The number of carbonyl (C=O) groups is 2. The smallest absolute Gasteiger partial charge is 0.287 e. The molecule has 1 atom stereocenters. The molecule has 258 valence electrons. The van der Waals surface area contributed by atoms with Gasteiger partial charge in [0.15, 0.2) is 28.2 Å². The molecule has 1 aliphatic rings. The van der Waals surface area contributed by atoms with Gasteiger partial charge in [0, 0.05) is 17.7 Å². The lowest BCUT2D eigenvalue weighted by atomic mass is 9.97. The van der Waals surface area contributed by atoms with E-state index in [0.29, 0.717) is 41.3 Å². The van der Waals surface area contributed by atoms with Crippen LogP contribution in [-0.2, 0) is 11.3 Å². The number of ether oxygens (including phenoxy) is 4. The van der Waals surface area contributed by atoms with Gasteiger partial charge in [0.2, 0.25) is 0 Å². The van der Waals surface area contributed by atoms with Crippen LogP contribution in [0.1, 0.15) is 46.9 Å². The van der Waals surface area contributed by atoms with Crippen LogP contribution in [0.5, 0.6) is 23.0 Å². The van der Waals surface area contributed by atoms with E-state index in [1.807, 2.05) is 73.7 Å². The summed E-state index contributed by atoms with van der Waals surface area (Å²) in [6.45, 7) is 2.51. The van der Waals surface area contributed by atoms with Crippen molar-refractivity contribution in [2.24, 2.45) is 5.10 Å². The van der Waals surface area contributed by atoms with Crippen molar-refractivity contribution in [1.82, 2.24) is 25.1 Å². The summed E-state index contributed by atoms with van der Waals surface area (Å²) in [5.41, 5.74) is 3.12. The molecule has 1 aliphatic heterocycles. The molecule has 0 spiro atoms. The number of nitrogens with zero attached hydrogens (tertiary/aromatic N) is 5. The topological polar surface area (TPSA) is 143 Å². The van der Waals surface area contributed by atoms with Crippen LogP contribution in [0.4, 0.5) is 0 Å². The Morgan fingerprint density at radius 2 is 1.70 bits per heavy atom. The van der Waals surface area contributed by atoms with Gasteiger partial charge in [-0.15, -0.1) is 10.2 Å². The second kappa shape index (κ2) is 15.6. The maximum absolute atomic E-state index is 14.1. The maximum atomic E-state index is 14.1. The number of hydrogen-bond acceptors (Lipinski definition) is 11. The van der Waals surface area contributed by atoms with E-state index >= 15 is 0 Å². The van der Waals surface area contributed by atoms with Crippen molar-refractivity contribution in [3.8, 4) is 28.7 Å². The molecule has 2 aromatic heterocycles. The minimum absolute atomic E-state index is 0.00388. The number of methoxy groups -OCH3 is 3. The highest BCUT2D eigenvalue weighted by Gasteiger charge is 2.36. The van der Waals surface area contributed by atoms with Gasteiger partial charge in [0.05, 0.1) is 58.3 Å². The second-order valence-corrected chi connectivity index (χ2v) is 11.9. The monoisotopic (exact) mass is 696 g/mol. The first-order chi connectivity index (χ1) is 24.4. The zero-order valence-corrected chi connectivity index (χ0v) is 28.8. The molecule has 0 aliphatic carbocycles. The highest BCUT2D eigenvalue weighted by Crippen LogP contribution is 2.42. The van der Waals surface area contributed by atoms with Crippen LogP contribution in [0, 0.1) is 0 Å². The highest BCUT2D eigenvalue weighted by molar-refractivity contribution is 7.99. The van der Waals surface area contributed by atoms with E-state index in [1.165, 1.54) is 23.0 Å². The average Bonchev–Trinajstić information content (AvgIpc) is 3.94. The molecule has 0 saturated heterocycles. The molecule has 3 heterocycles. The number of hydrogen-bond donors (Lipinski definition) is 1. The summed E-state index contributed by atoms with van der Waals surface area (Å²) in [5, 5.41) is 18.4. The van der Waals surface area contributed by atoms with Crippen LogP contribution in [0.25, 0.3) is 5.69 Å². The summed E-state index contributed by atoms with van der Waals surface area (Å²) >= 11 is 1.21. The van der Waals surface area contributed by atoms with Crippen molar-refractivity contribution in [2.45, 2.75) is 31.1 Å². The fourth-order valence-corrected chi connectivity index (χ4v) is 6.41. The second-order valence-electron chi connectivity index (χ2n) is 10.9. The Bertz CT molecular complexity index is 1960. The number of nitrogens with one attached hydrogen (secondary N) is 1. The van der Waals surface area contributed by atoms with Crippen molar-refractivity contribution in [1.29, 1.82) is 0 Å². The van der Waals surface area contributed by atoms with Crippen molar-refractivity contribution >= 4 is 29.3 Å². The molecule has 0 unspecified atom stereocenters. The third-order valence-electron chi connectivity index (χ3n) is 7.96. The molecule has 0 fully saturated rings. The predicted octanol–water partition coefficient (Wildman–Crippen LogP) is 5.68. The van der Waals surface area contributed by atoms with Crippen LogP contribution in [-0.4, -0.2) is 71.0 Å². The normalized spacial score (nSPS) is 13.9. The van der Waals surface area contributed by atoms with Crippen LogP contribution in [0.15, 0.2) is 99.8 Å². The third kappa shape index (κ3) is 7.29. The minimum Gasteiger partial charge on any atom is -0.497 e. The van der Waals surface area contributed by atoms with Gasteiger partial charge in [-0.25, -0.2) is 5.01 Å². The van der Waals surface area contributed by atoms with Gasteiger partial charge in [-0.3, -0.25) is 14.2 Å². The number of furan rings is 1. The standard InChI is InChI=1S/C36H36N6O7S/c1-5-48-26-17-13-24(14-18-26)41-32(21-37-35(44)31-10-7-19-49-31)38-39-36(41)50-22-33(43)42-29(27-8-6-9-30(46-3)34(27)47-4)20-28(40-42)23-11-15-25(45-2)16-12-23/h6-19,29H,5,20-22H2,1-4H3,(H,37,44)/t29-/m0/s1. The summed E-state index contributed by atoms with van der Waals surface area (Å²) in [6, 6.07) is 23.4. The van der Waals surface area contributed by atoms with Crippen molar-refractivity contribution in [3.63, 3.8) is 0 Å². The predicted molar refractivity (Wildman–Crippen MR) is 186 cm³/mol. The van der Waals surface area contributed by atoms with Gasteiger partial charge in [0.1, 0.15) is 11.5 Å². The Morgan fingerprint density at radius 1 is 0.920 bits per heavy atom. The first-order valence-electron chi connectivity index (χ1n) is 15.8. The van der Waals surface area contributed by atoms with Gasteiger partial charge in [-0.2, -0.15) is 5.10 Å². The quantitative estimate of drug-likeness (QED) is 0.144. The molecule has 50 heavy (non-hydrogen) atoms. The molecule has 3 aromatic carbocycles. The molecule has 2 amide bonds. The Morgan fingerprint density at radius 3 is 2.38 bits per heavy atom. The van der Waals surface area contributed by atoms with Crippen LogP contribution >= 0.6 is 11.8 Å². The average molecular weight is 697 g/mol. The Hall–Kier alpha value is -5.76. The number of amides is 2. The van der Waals surface area contributed by atoms with E-state index in [-0.39, 0.29) is 29.9 Å². The lowest BCUT2D eigenvalue weighted by Crippen LogP contribution is -2.29. The molecular weight excluding hydrogens is 660 g/mol. The Labute approximate surface area is 293 Å². The molecule has 5 aromatic rings. The van der Waals surface area contributed by atoms with E-state index in [1.54, 1.807) is 38.0 Å². The van der Waals surface area contributed by atoms with Gasteiger partial charge < -0.3 is 28.7 Å². The van der Waals surface area contributed by atoms with Crippen LogP contribution < -0.4 is 24.3 Å². The van der Waals surface area contributed by atoms with E-state index in [2.05, 4.69) is 15.5 Å². The summed E-state index contributed by atoms with van der Waals surface area (Å²) in [4.78, 5) is 26.8. The minimum atomic E-state index is -0.457. The zero-order chi connectivity index (χ0) is 35.0. The van der Waals surface area contributed by atoms with Crippen molar-refractivity contribution in [3.05, 3.63) is 108 Å². The van der Waals surface area contributed by atoms with E-state index in [4.69, 9.17) is 28.5 Å².